The van der Waals surface area contributed by atoms with Crippen LogP contribution in [-0.2, 0) is 11.3 Å². The van der Waals surface area contributed by atoms with Crippen molar-refractivity contribution in [3.05, 3.63) is 100 Å². The molecule has 5 rings (SSSR count). The average Bonchev–Trinajstić information content (AvgIpc) is 3.69. The molecule has 2 atom stereocenters. The highest BCUT2D eigenvalue weighted by Crippen LogP contribution is 2.56. The molecule has 5 nitrogen and oxygen atoms in total. The normalized spacial score (nSPS) is 19.5. The highest BCUT2D eigenvalue weighted by Gasteiger charge is 2.41. The number of rotatable bonds is 7. The van der Waals surface area contributed by atoms with Gasteiger partial charge >= 0.3 is 0 Å². The highest BCUT2D eigenvalue weighted by atomic mass is 35.5. The number of anilines is 1. The van der Waals surface area contributed by atoms with Crippen molar-refractivity contribution in [2.24, 2.45) is 0 Å². The van der Waals surface area contributed by atoms with Gasteiger partial charge in [-0.3, -0.25) is 9.59 Å². The summed E-state index contributed by atoms with van der Waals surface area (Å²) in [6.45, 7) is 3.49. The lowest BCUT2D eigenvalue weighted by molar-refractivity contribution is -0.107. The van der Waals surface area contributed by atoms with E-state index >= 15 is 0 Å². The number of piperazine rings is 1. The van der Waals surface area contributed by atoms with Crippen LogP contribution < -0.4 is 10.2 Å². The number of benzene rings is 3. The largest absolute Gasteiger partial charge is 0.336 e. The molecule has 0 bridgehead atoms. The highest BCUT2D eigenvalue weighted by molar-refractivity contribution is 6.30. The number of carbonyl (C=O) groups excluding carboxylic acids is 2. The molecule has 174 valence electrons. The Labute approximate surface area is 205 Å². The first-order chi connectivity index (χ1) is 16.6. The zero-order valence-corrected chi connectivity index (χ0v) is 19.7. The minimum absolute atomic E-state index is 0.0465. The van der Waals surface area contributed by atoms with Gasteiger partial charge in [0.05, 0.1) is 6.54 Å². The Hall–Kier alpha value is -3.15. The van der Waals surface area contributed by atoms with E-state index in [0.29, 0.717) is 37.0 Å². The van der Waals surface area contributed by atoms with Gasteiger partial charge in [-0.15, -0.1) is 0 Å². The predicted octanol–water partition coefficient (Wildman–Crippen LogP) is 4.82. The lowest BCUT2D eigenvalue weighted by atomic mass is 10.0. The van der Waals surface area contributed by atoms with Crippen LogP contribution in [0.2, 0.25) is 5.02 Å². The third-order valence-corrected chi connectivity index (χ3v) is 7.04. The molecule has 3 aromatic carbocycles. The molecular formula is C28H28ClN3O2. The van der Waals surface area contributed by atoms with Crippen molar-refractivity contribution >= 4 is 29.6 Å². The Morgan fingerprint density at radius 2 is 1.76 bits per heavy atom. The second-order valence-corrected chi connectivity index (χ2v) is 9.47. The molecule has 0 unspecified atom stereocenters. The fourth-order valence-electron chi connectivity index (χ4n) is 4.91. The van der Waals surface area contributed by atoms with Crippen molar-refractivity contribution in [2.75, 3.05) is 31.1 Å². The topological polar surface area (TPSA) is 52.7 Å². The standard InChI is InChI=1S/C28H28ClN3O2/c29-23-10-8-21(9-11-23)25-17-26(25)24-6-1-2-7-27(24)32(19-33)18-20-4-3-5-22(16-20)28(34)31-14-12-30-13-15-31/h1-11,16,19,25-26,30H,12-15,17-18H2/t25-,26+/m1/s1. The summed E-state index contributed by atoms with van der Waals surface area (Å²) in [4.78, 5) is 28.7. The lowest BCUT2D eigenvalue weighted by Crippen LogP contribution is -2.46. The summed E-state index contributed by atoms with van der Waals surface area (Å²) in [6.07, 6.45) is 1.95. The van der Waals surface area contributed by atoms with Crippen LogP contribution in [0.15, 0.2) is 72.8 Å². The Morgan fingerprint density at radius 1 is 1.00 bits per heavy atom. The van der Waals surface area contributed by atoms with Crippen LogP contribution >= 0.6 is 11.6 Å². The Bertz CT molecular complexity index is 1170. The average molecular weight is 474 g/mol. The zero-order chi connectivity index (χ0) is 23.5. The molecule has 1 heterocycles. The zero-order valence-electron chi connectivity index (χ0n) is 19.0. The van der Waals surface area contributed by atoms with Crippen LogP contribution in [0.25, 0.3) is 0 Å². The van der Waals surface area contributed by atoms with Crippen molar-refractivity contribution in [1.82, 2.24) is 10.2 Å². The molecule has 1 saturated carbocycles. The molecule has 0 radical (unpaired) electrons. The number of nitrogens with zero attached hydrogens (tertiary/aromatic N) is 2. The van der Waals surface area contributed by atoms with Gasteiger partial charge in [0.2, 0.25) is 6.41 Å². The molecular weight excluding hydrogens is 446 g/mol. The number of carbonyl (C=O) groups is 2. The number of hydrogen-bond donors (Lipinski definition) is 1. The predicted molar refractivity (Wildman–Crippen MR) is 135 cm³/mol. The molecule has 0 spiro atoms. The van der Waals surface area contributed by atoms with E-state index in [1.165, 1.54) is 11.1 Å². The minimum atomic E-state index is 0.0465. The maximum absolute atomic E-state index is 12.9. The summed E-state index contributed by atoms with van der Waals surface area (Å²) in [5.41, 5.74) is 5.00. The summed E-state index contributed by atoms with van der Waals surface area (Å²) in [5, 5.41) is 4.02. The van der Waals surface area contributed by atoms with Crippen LogP contribution in [0.3, 0.4) is 0 Å². The van der Waals surface area contributed by atoms with Crippen LogP contribution in [0.4, 0.5) is 5.69 Å². The quantitative estimate of drug-likeness (QED) is 0.500. The van der Waals surface area contributed by atoms with E-state index in [2.05, 4.69) is 23.5 Å². The first-order valence-electron chi connectivity index (χ1n) is 11.8. The Kier molecular flexibility index (Phi) is 6.66. The second kappa shape index (κ2) is 10.00. The van der Waals surface area contributed by atoms with Gasteiger partial charge in [0.25, 0.3) is 5.91 Å². The SMILES string of the molecule is O=CN(Cc1cccc(C(=O)N2CCNCC2)c1)c1ccccc1[C@@H]1C[C@@H]1c1ccc(Cl)cc1. The first kappa shape index (κ1) is 22.6. The van der Waals surface area contributed by atoms with Gasteiger partial charge < -0.3 is 15.1 Å². The maximum Gasteiger partial charge on any atom is 0.253 e. The van der Waals surface area contributed by atoms with E-state index in [-0.39, 0.29) is 5.91 Å². The molecule has 34 heavy (non-hydrogen) atoms. The molecule has 2 amide bonds. The van der Waals surface area contributed by atoms with Gasteiger partial charge in [0.1, 0.15) is 0 Å². The Balaban J connectivity index is 1.34. The molecule has 0 aromatic heterocycles. The van der Waals surface area contributed by atoms with Crippen molar-refractivity contribution in [2.45, 2.75) is 24.8 Å². The number of para-hydroxylation sites is 1. The third-order valence-electron chi connectivity index (χ3n) is 6.79. The van der Waals surface area contributed by atoms with Crippen LogP contribution in [0.5, 0.6) is 0 Å². The van der Waals surface area contributed by atoms with Crippen LogP contribution in [0, 0.1) is 0 Å². The molecule has 1 aliphatic heterocycles. The number of halogens is 1. The summed E-state index contributed by atoms with van der Waals surface area (Å²) in [6, 6.07) is 23.8. The monoisotopic (exact) mass is 473 g/mol. The molecule has 1 aliphatic carbocycles. The minimum Gasteiger partial charge on any atom is -0.336 e. The van der Waals surface area contributed by atoms with Crippen molar-refractivity contribution < 1.29 is 9.59 Å². The van der Waals surface area contributed by atoms with Crippen LogP contribution in [-0.4, -0.2) is 43.4 Å². The van der Waals surface area contributed by atoms with Gasteiger partial charge in [0, 0.05) is 42.5 Å². The van der Waals surface area contributed by atoms with Gasteiger partial charge in [-0.05, 0) is 65.3 Å². The fourth-order valence-corrected chi connectivity index (χ4v) is 5.03. The fraction of sp³-hybridized carbons (Fsp3) is 0.286. The van der Waals surface area contributed by atoms with Gasteiger partial charge in [-0.1, -0.05) is 54.1 Å². The number of amides is 2. The molecule has 2 fully saturated rings. The lowest BCUT2D eigenvalue weighted by Gasteiger charge is -2.27. The summed E-state index contributed by atoms with van der Waals surface area (Å²) >= 11 is 6.06. The van der Waals surface area contributed by atoms with Crippen molar-refractivity contribution in [1.29, 1.82) is 0 Å². The van der Waals surface area contributed by atoms with Crippen LogP contribution in [0.1, 0.15) is 45.3 Å². The van der Waals surface area contributed by atoms with Crippen molar-refractivity contribution in [3.8, 4) is 0 Å². The third kappa shape index (κ3) is 4.86. The van der Waals surface area contributed by atoms with Gasteiger partial charge in [-0.2, -0.15) is 0 Å². The van der Waals surface area contributed by atoms with E-state index < -0.39 is 0 Å². The molecule has 3 aromatic rings. The second-order valence-electron chi connectivity index (χ2n) is 9.03. The van der Waals surface area contributed by atoms with E-state index in [9.17, 15) is 9.59 Å². The maximum atomic E-state index is 12.9. The van der Waals surface area contributed by atoms with E-state index in [4.69, 9.17) is 11.6 Å². The molecule has 1 N–H and O–H groups in total. The van der Waals surface area contributed by atoms with E-state index in [0.717, 1.165) is 42.2 Å². The Morgan fingerprint density at radius 3 is 2.53 bits per heavy atom. The first-order valence-corrected chi connectivity index (χ1v) is 12.2. The number of nitrogens with one attached hydrogen (secondary N) is 1. The van der Waals surface area contributed by atoms with E-state index in [1.807, 2.05) is 59.5 Å². The molecule has 6 heteroatoms. The van der Waals surface area contributed by atoms with Gasteiger partial charge in [0.15, 0.2) is 0 Å². The van der Waals surface area contributed by atoms with E-state index in [1.54, 1.807) is 4.90 Å². The van der Waals surface area contributed by atoms with Crippen molar-refractivity contribution in [3.63, 3.8) is 0 Å². The number of hydrogen-bond acceptors (Lipinski definition) is 3. The summed E-state index contributed by atoms with van der Waals surface area (Å²) < 4.78 is 0. The van der Waals surface area contributed by atoms with Gasteiger partial charge in [-0.25, -0.2) is 0 Å². The summed E-state index contributed by atoms with van der Waals surface area (Å²) in [5.74, 6) is 0.859. The summed E-state index contributed by atoms with van der Waals surface area (Å²) in [7, 11) is 0. The molecule has 2 aliphatic rings. The molecule has 1 saturated heterocycles. The smallest absolute Gasteiger partial charge is 0.253 e.